The molecule has 4 rings (SSSR count). The van der Waals surface area contributed by atoms with Crippen LogP contribution in [0.25, 0.3) is 5.69 Å². The summed E-state index contributed by atoms with van der Waals surface area (Å²) in [6.07, 6.45) is 3.10. The van der Waals surface area contributed by atoms with Crippen molar-refractivity contribution >= 4 is 23.4 Å². The standard InChI is InChI=1S/C22H21ClFN5O2/c23-16-2-1-3-19(13-16)29-14-20(26-27-29)22(31)28-10-8-18(9-11-28)25-21(30)12-15-4-6-17(24)7-5-15/h1-7,13-14,18H,8-12H2,(H,25,30). The van der Waals surface area contributed by atoms with Crippen LogP contribution in [0, 0.1) is 5.82 Å². The van der Waals surface area contributed by atoms with Crippen molar-refractivity contribution in [2.45, 2.75) is 25.3 Å². The third-order valence-electron chi connectivity index (χ3n) is 5.21. The van der Waals surface area contributed by atoms with Crippen LogP contribution < -0.4 is 5.32 Å². The van der Waals surface area contributed by atoms with Crippen molar-refractivity contribution in [1.82, 2.24) is 25.2 Å². The van der Waals surface area contributed by atoms with Gasteiger partial charge in [-0.3, -0.25) is 9.59 Å². The molecule has 31 heavy (non-hydrogen) atoms. The van der Waals surface area contributed by atoms with E-state index in [9.17, 15) is 14.0 Å². The van der Waals surface area contributed by atoms with Crippen molar-refractivity contribution in [2.75, 3.05) is 13.1 Å². The van der Waals surface area contributed by atoms with E-state index >= 15 is 0 Å². The third-order valence-corrected chi connectivity index (χ3v) is 5.45. The number of carbonyl (C=O) groups excluding carboxylic acids is 2. The molecular weight excluding hydrogens is 421 g/mol. The molecule has 2 heterocycles. The minimum atomic E-state index is -0.325. The van der Waals surface area contributed by atoms with Gasteiger partial charge in [0.2, 0.25) is 5.91 Å². The normalized spacial score (nSPS) is 14.5. The van der Waals surface area contributed by atoms with Crippen LogP contribution in [-0.2, 0) is 11.2 Å². The highest BCUT2D eigenvalue weighted by Crippen LogP contribution is 2.16. The monoisotopic (exact) mass is 441 g/mol. The fraction of sp³-hybridized carbons (Fsp3) is 0.273. The number of rotatable bonds is 5. The smallest absolute Gasteiger partial charge is 0.276 e. The van der Waals surface area contributed by atoms with Crippen LogP contribution in [0.3, 0.4) is 0 Å². The largest absolute Gasteiger partial charge is 0.353 e. The van der Waals surface area contributed by atoms with E-state index in [1.54, 1.807) is 41.4 Å². The van der Waals surface area contributed by atoms with E-state index in [1.807, 2.05) is 6.07 Å². The van der Waals surface area contributed by atoms with E-state index in [0.717, 1.165) is 11.3 Å². The van der Waals surface area contributed by atoms with Gasteiger partial charge in [-0.1, -0.05) is 35.0 Å². The molecule has 1 aromatic heterocycles. The predicted molar refractivity (Wildman–Crippen MR) is 114 cm³/mol. The van der Waals surface area contributed by atoms with E-state index in [2.05, 4.69) is 15.6 Å². The van der Waals surface area contributed by atoms with Gasteiger partial charge in [0.05, 0.1) is 18.3 Å². The molecule has 1 fully saturated rings. The summed E-state index contributed by atoms with van der Waals surface area (Å²) in [5.74, 6) is -0.626. The van der Waals surface area contributed by atoms with E-state index in [0.29, 0.717) is 31.0 Å². The van der Waals surface area contributed by atoms with Crippen molar-refractivity contribution in [3.8, 4) is 5.69 Å². The number of hydrogen-bond acceptors (Lipinski definition) is 4. The molecule has 9 heteroatoms. The summed E-state index contributed by atoms with van der Waals surface area (Å²) in [7, 11) is 0. The Bertz CT molecular complexity index is 1080. The second-order valence-corrected chi connectivity index (χ2v) is 7.90. The van der Waals surface area contributed by atoms with Crippen molar-refractivity contribution < 1.29 is 14.0 Å². The van der Waals surface area contributed by atoms with Crippen LogP contribution in [0.15, 0.2) is 54.7 Å². The second-order valence-electron chi connectivity index (χ2n) is 7.47. The molecule has 0 aliphatic carbocycles. The lowest BCUT2D eigenvalue weighted by Crippen LogP contribution is -2.47. The van der Waals surface area contributed by atoms with Gasteiger partial charge in [0.15, 0.2) is 5.69 Å². The molecule has 3 aromatic rings. The van der Waals surface area contributed by atoms with Crippen molar-refractivity contribution in [3.63, 3.8) is 0 Å². The molecule has 0 radical (unpaired) electrons. The number of likely N-dealkylation sites (tertiary alicyclic amines) is 1. The summed E-state index contributed by atoms with van der Waals surface area (Å²) in [5.41, 5.74) is 1.75. The SMILES string of the molecule is O=C(Cc1ccc(F)cc1)NC1CCN(C(=O)c2cn(-c3cccc(Cl)c3)nn2)CC1. The zero-order valence-electron chi connectivity index (χ0n) is 16.7. The summed E-state index contributed by atoms with van der Waals surface area (Å²) in [4.78, 5) is 26.7. The zero-order valence-corrected chi connectivity index (χ0v) is 17.4. The molecule has 2 amide bonds. The summed E-state index contributed by atoms with van der Waals surface area (Å²) in [6.45, 7) is 1.04. The fourth-order valence-electron chi connectivity index (χ4n) is 3.56. The minimum Gasteiger partial charge on any atom is -0.353 e. The molecule has 7 nitrogen and oxygen atoms in total. The number of amides is 2. The third kappa shape index (κ3) is 5.27. The van der Waals surface area contributed by atoms with Crippen LogP contribution in [0.4, 0.5) is 4.39 Å². The lowest BCUT2D eigenvalue weighted by Gasteiger charge is -2.32. The van der Waals surface area contributed by atoms with Crippen molar-refractivity contribution in [3.05, 3.63) is 76.8 Å². The van der Waals surface area contributed by atoms with Gasteiger partial charge in [0.25, 0.3) is 5.91 Å². The first-order valence-electron chi connectivity index (χ1n) is 9.99. The Balaban J connectivity index is 1.29. The lowest BCUT2D eigenvalue weighted by atomic mass is 10.0. The molecule has 0 saturated carbocycles. The minimum absolute atomic E-state index is 0.000795. The molecular formula is C22H21ClFN5O2. The van der Waals surface area contributed by atoms with Gasteiger partial charge in [0, 0.05) is 24.2 Å². The van der Waals surface area contributed by atoms with Gasteiger partial charge < -0.3 is 10.2 Å². The Morgan fingerprint density at radius 2 is 1.87 bits per heavy atom. The quantitative estimate of drug-likeness (QED) is 0.660. The highest BCUT2D eigenvalue weighted by atomic mass is 35.5. The van der Waals surface area contributed by atoms with Gasteiger partial charge in [-0.05, 0) is 48.7 Å². The average molecular weight is 442 g/mol. The topological polar surface area (TPSA) is 80.1 Å². The van der Waals surface area contributed by atoms with Crippen molar-refractivity contribution in [1.29, 1.82) is 0 Å². The van der Waals surface area contributed by atoms with Crippen LogP contribution in [-0.4, -0.2) is 50.8 Å². The molecule has 160 valence electrons. The Hall–Kier alpha value is -3.26. The van der Waals surface area contributed by atoms with Crippen LogP contribution in [0.2, 0.25) is 5.02 Å². The molecule has 0 spiro atoms. The van der Waals surface area contributed by atoms with Gasteiger partial charge in [-0.15, -0.1) is 5.10 Å². The summed E-state index contributed by atoms with van der Waals surface area (Å²) in [5, 5.41) is 11.6. The van der Waals surface area contributed by atoms with Crippen molar-refractivity contribution in [2.24, 2.45) is 0 Å². The van der Waals surface area contributed by atoms with E-state index in [4.69, 9.17) is 11.6 Å². The highest BCUT2D eigenvalue weighted by molar-refractivity contribution is 6.30. The Morgan fingerprint density at radius 3 is 2.58 bits per heavy atom. The maximum atomic E-state index is 13.0. The molecule has 0 unspecified atom stereocenters. The van der Waals surface area contributed by atoms with Crippen LogP contribution in [0.1, 0.15) is 28.9 Å². The summed E-state index contributed by atoms with van der Waals surface area (Å²) < 4.78 is 14.5. The first-order valence-corrected chi connectivity index (χ1v) is 10.4. The number of aromatic nitrogens is 3. The molecule has 0 atom stereocenters. The summed E-state index contributed by atoms with van der Waals surface area (Å²) in [6, 6.07) is 13.0. The number of carbonyl (C=O) groups is 2. The lowest BCUT2D eigenvalue weighted by molar-refractivity contribution is -0.121. The molecule has 1 saturated heterocycles. The van der Waals surface area contributed by atoms with Gasteiger partial charge in [-0.2, -0.15) is 0 Å². The first-order chi connectivity index (χ1) is 15.0. The Morgan fingerprint density at radius 1 is 1.13 bits per heavy atom. The molecule has 2 aromatic carbocycles. The van der Waals surface area contributed by atoms with Crippen LogP contribution in [0.5, 0.6) is 0 Å². The van der Waals surface area contributed by atoms with Gasteiger partial charge in [0.1, 0.15) is 5.82 Å². The van der Waals surface area contributed by atoms with E-state index in [-0.39, 0.29) is 35.8 Å². The molecule has 1 aliphatic heterocycles. The molecule has 1 aliphatic rings. The Kier molecular flexibility index (Phi) is 6.27. The van der Waals surface area contributed by atoms with Gasteiger partial charge >= 0.3 is 0 Å². The second kappa shape index (κ2) is 9.26. The number of piperidine rings is 1. The number of hydrogen-bond donors (Lipinski definition) is 1. The fourth-order valence-corrected chi connectivity index (χ4v) is 3.75. The maximum Gasteiger partial charge on any atom is 0.276 e. The predicted octanol–water partition coefficient (Wildman–Crippen LogP) is 3.02. The number of halogens is 2. The summed E-state index contributed by atoms with van der Waals surface area (Å²) >= 11 is 6.01. The van der Waals surface area contributed by atoms with Crippen LogP contribution >= 0.6 is 11.6 Å². The number of nitrogens with one attached hydrogen (secondary N) is 1. The zero-order chi connectivity index (χ0) is 21.8. The van der Waals surface area contributed by atoms with Gasteiger partial charge in [-0.25, -0.2) is 9.07 Å². The number of benzene rings is 2. The number of nitrogens with zero attached hydrogens (tertiary/aromatic N) is 4. The average Bonchev–Trinajstić information content (AvgIpc) is 3.26. The first kappa shape index (κ1) is 21.0. The maximum absolute atomic E-state index is 13.0. The van der Waals surface area contributed by atoms with E-state index < -0.39 is 0 Å². The molecule has 1 N–H and O–H groups in total. The van der Waals surface area contributed by atoms with E-state index in [1.165, 1.54) is 16.8 Å². The highest BCUT2D eigenvalue weighted by Gasteiger charge is 2.26. The Labute approximate surface area is 183 Å². The molecule has 0 bridgehead atoms.